The Bertz CT molecular complexity index is 379. The molecule has 1 aliphatic rings. The first-order chi connectivity index (χ1) is 7.79. The molecule has 4 nitrogen and oxygen atoms in total. The summed E-state index contributed by atoms with van der Waals surface area (Å²) in [4.78, 5) is 4.19. The highest BCUT2D eigenvalue weighted by atomic mass is 15.0. The van der Waals surface area contributed by atoms with Crippen molar-refractivity contribution in [1.82, 2.24) is 4.98 Å². The van der Waals surface area contributed by atoms with Crippen LogP contribution in [0.5, 0.6) is 0 Å². The average Bonchev–Trinajstić information content (AvgIpc) is 2.33. The lowest BCUT2D eigenvalue weighted by Crippen LogP contribution is -2.42. The maximum absolute atomic E-state index is 8.66. The van der Waals surface area contributed by atoms with Crippen molar-refractivity contribution >= 4 is 5.82 Å². The van der Waals surface area contributed by atoms with E-state index < -0.39 is 0 Å². The van der Waals surface area contributed by atoms with Gasteiger partial charge < -0.3 is 11.1 Å². The van der Waals surface area contributed by atoms with Gasteiger partial charge in [-0.15, -0.1) is 0 Å². The molecule has 0 radical (unpaired) electrons. The Morgan fingerprint density at radius 1 is 1.38 bits per heavy atom. The molecule has 3 N–H and O–H groups in total. The number of nitriles is 1. The molecule has 1 fully saturated rings. The lowest BCUT2D eigenvalue weighted by Gasteiger charge is -2.29. The molecule has 1 heterocycles. The first kappa shape index (κ1) is 10.9. The van der Waals surface area contributed by atoms with E-state index in [0.29, 0.717) is 11.6 Å². The normalized spacial score (nSPS) is 24.8. The maximum Gasteiger partial charge on any atom is 0.126 e. The zero-order valence-corrected chi connectivity index (χ0v) is 9.19. The minimum absolute atomic E-state index is 0.214. The lowest BCUT2D eigenvalue weighted by atomic mass is 9.91. The number of nitrogens with zero attached hydrogens (tertiary/aromatic N) is 2. The molecule has 16 heavy (non-hydrogen) atoms. The van der Waals surface area contributed by atoms with Crippen LogP contribution in [0, 0.1) is 11.3 Å². The molecule has 1 aromatic heterocycles. The molecule has 1 aliphatic carbocycles. The van der Waals surface area contributed by atoms with E-state index in [0.717, 1.165) is 18.7 Å². The first-order valence-electron chi connectivity index (χ1n) is 5.68. The van der Waals surface area contributed by atoms with Gasteiger partial charge in [-0.3, -0.25) is 0 Å². The van der Waals surface area contributed by atoms with Gasteiger partial charge in [-0.2, -0.15) is 5.26 Å². The van der Waals surface area contributed by atoms with Crippen molar-refractivity contribution in [1.29, 1.82) is 5.26 Å². The zero-order valence-electron chi connectivity index (χ0n) is 9.19. The predicted molar refractivity (Wildman–Crippen MR) is 62.8 cm³/mol. The average molecular weight is 216 g/mol. The van der Waals surface area contributed by atoms with Crippen LogP contribution in [0.3, 0.4) is 0 Å². The summed E-state index contributed by atoms with van der Waals surface area (Å²) < 4.78 is 0. The topological polar surface area (TPSA) is 74.7 Å². The molecule has 2 rings (SSSR count). The molecule has 0 amide bonds. The van der Waals surface area contributed by atoms with Gasteiger partial charge in [-0.05, 0) is 25.0 Å². The monoisotopic (exact) mass is 216 g/mol. The highest BCUT2D eigenvalue weighted by Crippen LogP contribution is 2.20. The smallest absolute Gasteiger partial charge is 0.126 e. The Hall–Kier alpha value is -1.60. The number of rotatable bonds is 2. The maximum atomic E-state index is 8.66. The SMILES string of the molecule is N#Cc1ccc(NC2CCCCC2N)nc1. The highest BCUT2D eigenvalue weighted by Gasteiger charge is 2.21. The van der Waals surface area contributed by atoms with Gasteiger partial charge in [0.15, 0.2) is 0 Å². The Labute approximate surface area is 95.5 Å². The summed E-state index contributed by atoms with van der Waals surface area (Å²) in [6.07, 6.45) is 6.20. The van der Waals surface area contributed by atoms with Crippen LogP contribution in [0.4, 0.5) is 5.82 Å². The fourth-order valence-electron chi connectivity index (χ4n) is 2.07. The van der Waals surface area contributed by atoms with Crippen LogP contribution in [0.1, 0.15) is 31.2 Å². The minimum atomic E-state index is 0.214. The fourth-order valence-corrected chi connectivity index (χ4v) is 2.07. The molecular formula is C12H16N4. The van der Waals surface area contributed by atoms with Gasteiger partial charge in [-0.25, -0.2) is 4.98 Å². The van der Waals surface area contributed by atoms with E-state index in [9.17, 15) is 0 Å². The van der Waals surface area contributed by atoms with E-state index >= 15 is 0 Å². The number of hydrogen-bond acceptors (Lipinski definition) is 4. The summed E-state index contributed by atoms with van der Waals surface area (Å²) in [7, 11) is 0. The van der Waals surface area contributed by atoms with E-state index in [4.69, 9.17) is 11.0 Å². The second-order valence-electron chi connectivity index (χ2n) is 4.24. The van der Waals surface area contributed by atoms with Crippen LogP contribution in [0.15, 0.2) is 18.3 Å². The Morgan fingerprint density at radius 3 is 2.81 bits per heavy atom. The molecule has 2 atom stereocenters. The quantitative estimate of drug-likeness (QED) is 0.788. The summed E-state index contributed by atoms with van der Waals surface area (Å²) in [6, 6.07) is 6.18. The van der Waals surface area contributed by atoms with Crippen molar-refractivity contribution in [3.63, 3.8) is 0 Å². The number of pyridine rings is 1. The number of anilines is 1. The number of nitrogens with one attached hydrogen (secondary N) is 1. The van der Waals surface area contributed by atoms with Crippen LogP contribution in [-0.4, -0.2) is 17.1 Å². The molecule has 2 unspecified atom stereocenters. The summed E-state index contributed by atoms with van der Waals surface area (Å²) >= 11 is 0. The van der Waals surface area contributed by atoms with Crippen LogP contribution in [0.2, 0.25) is 0 Å². The van der Waals surface area contributed by atoms with Crippen LogP contribution >= 0.6 is 0 Å². The number of hydrogen-bond donors (Lipinski definition) is 2. The van der Waals surface area contributed by atoms with Crippen molar-refractivity contribution in [2.75, 3.05) is 5.32 Å². The van der Waals surface area contributed by atoms with Crippen molar-refractivity contribution in [3.8, 4) is 6.07 Å². The second-order valence-corrected chi connectivity index (χ2v) is 4.24. The lowest BCUT2D eigenvalue weighted by molar-refractivity contribution is 0.403. The van der Waals surface area contributed by atoms with E-state index in [1.54, 1.807) is 12.3 Å². The van der Waals surface area contributed by atoms with Crippen molar-refractivity contribution < 1.29 is 0 Å². The minimum Gasteiger partial charge on any atom is -0.366 e. The van der Waals surface area contributed by atoms with Crippen molar-refractivity contribution in [3.05, 3.63) is 23.9 Å². The molecule has 1 saturated carbocycles. The Morgan fingerprint density at radius 2 is 2.19 bits per heavy atom. The molecule has 0 aromatic carbocycles. The van der Waals surface area contributed by atoms with E-state index in [1.165, 1.54) is 12.8 Å². The molecule has 0 spiro atoms. The zero-order chi connectivity index (χ0) is 11.4. The molecule has 0 bridgehead atoms. The fraction of sp³-hybridized carbons (Fsp3) is 0.500. The third-order valence-electron chi connectivity index (χ3n) is 3.05. The summed E-state index contributed by atoms with van der Waals surface area (Å²) in [6.45, 7) is 0. The summed E-state index contributed by atoms with van der Waals surface area (Å²) in [5.74, 6) is 0.807. The van der Waals surface area contributed by atoms with Gasteiger partial charge in [0, 0.05) is 18.3 Å². The first-order valence-corrected chi connectivity index (χ1v) is 5.68. The molecule has 4 heteroatoms. The number of nitrogens with two attached hydrogens (primary N) is 1. The third-order valence-corrected chi connectivity index (χ3v) is 3.05. The van der Waals surface area contributed by atoms with Gasteiger partial charge >= 0.3 is 0 Å². The predicted octanol–water partition coefficient (Wildman–Crippen LogP) is 1.64. The van der Waals surface area contributed by atoms with Crippen LogP contribution in [-0.2, 0) is 0 Å². The van der Waals surface area contributed by atoms with Crippen molar-refractivity contribution in [2.45, 2.75) is 37.8 Å². The molecular weight excluding hydrogens is 200 g/mol. The summed E-state index contributed by atoms with van der Waals surface area (Å²) in [5, 5.41) is 12.0. The number of aromatic nitrogens is 1. The van der Waals surface area contributed by atoms with Gasteiger partial charge in [0.05, 0.1) is 5.56 Å². The van der Waals surface area contributed by atoms with Gasteiger partial charge in [0.1, 0.15) is 11.9 Å². The van der Waals surface area contributed by atoms with Crippen LogP contribution < -0.4 is 11.1 Å². The molecule has 0 saturated heterocycles. The van der Waals surface area contributed by atoms with Gasteiger partial charge in [0.25, 0.3) is 0 Å². The van der Waals surface area contributed by atoms with Gasteiger partial charge in [-0.1, -0.05) is 12.8 Å². The molecule has 0 aliphatic heterocycles. The van der Waals surface area contributed by atoms with E-state index in [-0.39, 0.29) is 6.04 Å². The van der Waals surface area contributed by atoms with E-state index in [1.807, 2.05) is 6.07 Å². The summed E-state index contributed by atoms with van der Waals surface area (Å²) in [5.41, 5.74) is 6.62. The second kappa shape index (κ2) is 4.95. The van der Waals surface area contributed by atoms with Crippen LogP contribution in [0.25, 0.3) is 0 Å². The molecule has 1 aromatic rings. The largest absolute Gasteiger partial charge is 0.366 e. The van der Waals surface area contributed by atoms with Crippen molar-refractivity contribution in [2.24, 2.45) is 5.73 Å². The van der Waals surface area contributed by atoms with Gasteiger partial charge in [0.2, 0.25) is 0 Å². The highest BCUT2D eigenvalue weighted by molar-refractivity contribution is 5.40. The standard InChI is InChI=1S/C12H16N4/c13-7-9-5-6-12(15-8-9)16-11-4-2-1-3-10(11)14/h5-6,8,10-11H,1-4,14H2,(H,15,16). The van der Waals surface area contributed by atoms with E-state index in [2.05, 4.69) is 16.4 Å². The Balaban J connectivity index is 2.00. The molecule has 84 valence electrons. The Kier molecular flexibility index (Phi) is 3.37. The third kappa shape index (κ3) is 2.50.